The van der Waals surface area contributed by atoms with Gasteiger partial charge < -0.3 is 0 Å². The van der Waals surface area contributed by atoms with Crippen LogP contribution in [0.5, 0.6) is 0 Å². The third-order valence-electron chi connectivity index (χ3n) is 6.49. The molecule has 0 aromatic heterocycles. The van der Waals surface area contributed by atoms with Crippen LogP contribution in [0.25, 0.3) is 5.57 Å². The van der Waals surface area contributed by atoms with Crippen LogP contribution in [0.2, 0.25) is 0 Å². The van der Waals surface area contributed by atoms with Crippen molar-refractivity contribution in [3.8, 4) is 0 Å². The van der Waals surface area contributed by atoms with Gasteiger partial charge in [-0.05, 0) is 48.3 Å². The summed E-state index contributed by atoms with van der Waals surface area (Å²) in [5.41, 5.74) is 6.39. The molecule has 6 rings (SSSR count). The fraction of sp³-hybridized carbons (Fsp3) is 0.304. The monoisotopic (exact) mass is 298 g/mol. The number of hydrogen-bond donors (Lipinski definition) is 0. The number of fused-ring (bicyclic) bond motifs is 1. The van der Waals surface area contributed by atoms with E-state index in [9.17, 15) is 0 Å². The second kappa shape index (κ2) is 4.71. The zero-order valence-corrected chi connectivity index (χ0v) is 13.6. The average molecular weight is 298 g/mol. The van der Waals surface area contributed by atoms with E-state index in [1.807, 2.05) is 0 Å². The van der Waals surface area contributed by atoms with Crippen molar-refractivity contribution >= 4 is 5.57 Å². The maximum atomic E-state index is 2.52. The Labute approximate surface area is 138 Å². The van der Waals surface area contributed by atoms with E-state index >= 15 is 0 Å². The predicted octanol–water partition coefficient (Wildman–Crippen LogP) is 5.62. The molecule has 0 heterocycles. The molecule has 1 saturated carbocycles. The third kappa shape index (κ3) is 1.57. The van der Waals surface area contributed by atoms with E-state index in [2.05, 4.69) is 79.7 Å². The number of rotatable bonds is 2. The SMILES string of the molecule is CC1=C(c2ccccc2)C2(c3ccccc3)C3C=CC(CC3)C12. The average Bonchev–Trinajstić information content (AvgIpc) is 2.62. The minimum Gasteiger partial charge on any atom is -0.0845 e. The molecule has 0 radical (unpaired) electrons. The first-order chi connectivity index (χ1) is 11.3. The second-order valence-corrected chi connectivity index (χ2v) is 7.37. The fourth-order valence-electron chi connectivity index (χ4n) is 5.80. The first-order valence-corrected chi connectivity index (χ1v) is 8.84. The molecule has 4 unspecified atom stereocenters. The van der Waals surface area contributed by atoms with Crippen LogP contribution in [0.4, 0.5) is 0 Å². The molecule has 2 bridgehead atoms. The van der Waals surface area contributed by atoms with Crippen LogP contribution in [0.15, 0.2) is 78.4 Å². The summed E-state index contributed by atoms with van der Waals surface area (Å²) in [6.07, 6.45) is 7.72. The molecule has 0 nitrogen and oxygen atoms in total. The van der Waals surface area contributed by atoms with Crippen molar-refractivity contribution in [1.29, 1.82) is 0 Å². The van der Waals surface area contributed by atoms with E-state index in [-0.39, 0.29) is 5.41 Å². The van der Waals surface area contributed by atoms with Crippen LogP contribution >= 0.6 is 0 Å². The summed E-state index contributed by atoms with van der Waals surface area (Å²) in [5, 5.41) is 0. The first kappa shape index (κ1) is 13.4. The van der Waals surface area contributed by atoms with Gasteiger partial charge in [-0.3, -0.25) is 0 Å². The number of benzene rings is 2. The molecule has 0 amide bonds. The molecule has 0 N–H and O–H groups in total. The van der Waals surface area contributed by atoms with Gasteiger partial charge in [-0.2, -0.15) is 0 Å². The van der Waals surface area contributed by atoms with Crippen molar-refractivity contribution in [2.24, 2.45) is 17.8 Å². The molecule has 4 aliphatic rings. The molecule has 0 aliphatic heterocycles. The minimum atomic E-state index is 0.213. The molecule has 1 fully saturated rings. The zero-order chi connectivity index (χ0) is 15.4. The Morgan fingerprint density at radius 3 is 2.17 bits per heavy atom. The van der Waals surface area contributed by atoms with Crippen molar-refractivity contribution in [3.05, 3.63) is 89.5 Å². The van der Waals surface area contributed by atoms with Gasteiger partial charge in [0.05, 0.1) is 0 Å². The minimum absolute atomic E-state index is 0.213. The molecule has 2 aromatic rings. The van der Waals surface area contributed by atoms with E-state index in [0.717, 1.165) is 5.92 Å². The summed E-state index contributed by atoms with van der Waals surface area (Å²) >= 11 is 0. The van der Waals surface area contributed by atoms with Gasteiger partial charge in [-0.15, -0.1) is 0 Å². The topological polar surface area (TPSA) is 0 Å². The maximum absolute atomic E-state index is 2.52. The van der Waals surface area contributed by atoms with E-state index < -0.39 is 0 Å². The Morgan fingerprint density at radius 2 is 1.52 bits per heavy atom. The Balaban J connectivity index is 1.78. The Bertz CT molecular complexity index is 796. The van der Waals surface area contributed by atoms with Crippen LogP contribution < -0.4 is 0 Å². The van der Waals surface area contributed by atoms with Crippen molar-refractivity contribution in [1.82, 2.24) is 0 Å². The fourth-order valence-corrected chi connectivity index (χ4v) is 5.80. The van der Waals surface area contributed by atoms with E-state index in [1.165, 1.54) is 24.0 Å². The van der Waals surface area contributed by atoms with Crippen LogP contribution in [-0.2, 0) is 5.41 Å². The third-order valence-corrected chi connectivity index (χ3v) is 6.49. The van der Waals surface area contributed by atoms with Crippen molar-refractivity contribution in [2.75, 3.05) is 0 Å². The molecule has 0 heteroatoms. The normalized spacial score (nSPS) is 34.2. The summed E-state index contributed by atoms with van der Waals surface area (Å²) < 4.78 is 0. The summed E-state index contributed by atoms with van der Waals surface area (Å²) in [6.45, 7) is 2.38. The zero-order valence-electron chi connectivity index (χ0n) is 13.6. The van der Waals surface area contributed by atoms with Gasteiger partial charge in [-0.25, -0.2) is 0 Å². The van der Waals surface area contributed by atoms with Gasteiger partial charge >= 0.3 is 0 Å². The van der Waals surface area contributed by atoms with Gasteiger partial charge in [-0.1, -0.05) is 78.4 Å². The largest absolute Gasteiger partial charge is 0.0845 e. The lowest BCUT2D eigenvalue weighted by Crippen LogP contribution is -2.58. The van der Waals surface area contributed by atoms with E-state index in [4.69, 9.17) is 0 Å². The smallest absolute Gasteiger partial charge is 0.0341 e. The predicted molar refractivity (Wildman–Crippen MR) is 96.0 cm³/mol. The summed E-state index contributed by atoms with van der Waals surface area (Å²) in [7, 11) is 0. The highest BCUT2D eigenvalue weighted by Crippen LogP contribution is 2.69. The molecular formula is C23H22. The highest BCUT2D eigenvalue weighted by atomic mass is 14.6. The maximum Gasteiger partial charge on any atom is 0.0341 e. The molecular weight excluding hydrogens is 276 g/mol. The Morgan fingerprint density at radius 1 is 0.826 bits per heavy atom. The van der Waals surface area contributed by atoms with Crippen LogP contribution in [0.3, 0.4) is 0 Å². The lowest BCUT2D eigenvalue weighted by molar-refractivity contribution is 0.128. The molecule has 0 saturated heterocycles. The van der Waals surface area contributed by atoms with Crippen molar-refractivity contribution in [2.45, 2.75) is 25.2 Å². The quantitative estimate of drug-likeness (QED) is 0.631. The summed E-state index contributed by atoms with van der Waals surface area (Å²) in [4.78, 5) is 0. The molecule has 23 heavy (non-hydrogen) atoms. The van der Waals surface area contributed by atoms with Gasteiger partial charge in [0, 0.05) is 11.3 Å². The summed E-state index contributed by atoms with van der Waals surface area (Å²) in [5.74, 6) is 2.08. The Hall–Kier alpha value is -2.08. The van der Waals surface area contributed by atoms with Crippen LogP contribution in [0.1, 0.15) is 30.9 Å². The molecule has 2 aromatic carbocycles. The highest BCUT2D eigenvalue weighted by Gasteiger charge is 2.62. The lowest BCUT2D eigenvalue weighted by atomic mass is 9.39. The number of hydrogen-bond acceptors (Lipinski definition) is 0. The van der Waals surface area contributed by atoms with E-state index in [0.29, 0.717) is 11.8 Å². The van der Waals surface area contributed by atoms with Crippen molar-refractivity contribution in [3.63, 3.8) is 0 Å². The number of allylic oxidation sites excluding steroid dienone is 4. The van der Waals surface area contributed by atoms with Gasteiger partial charge in [0.25, 0.3) is 0 Å². The highest BCUT2D eigenvalue weighted by molar-refractivity contribution is 5.87. The van der Waals surface area contributed by atoms with Gasteiger partial charge in [0.1, 0.15) is 0 Å². The van der Waals surface area contributed by atoms with E-state index in [1.54, 1.807) is 11.1 Å². The molecule has 4 atom stereocenters. The molecule has 0 spiro atoms. The van der Waals surface area contributed by atoms with Crippen LogP contribution in [-0.4, -0.2) is 0 Å². The lowest BCUT2D eigenvalue weighted by Gasteiger charge is -2.63. The first-order valence-electron chi connectivity index (χ1n) is 8.84. The van der Waals surface area contributed by atoms with Crippen LogP contribution in [0, 0.1) is 17.8 Å². The Kier molecular flexibility index (Phi) is 2.74. The molecule has 114 valence electrons. The standard InChI is InChI=1S/C23H22/c1-16-21(17-8-4-2-5-9-17)23(19-10-6-3-7-11-19)20-14-12-18(13-15-20)22(16)23/h2-12,14,18,20,22H,13,15H2,1H3. The summed E-state index contributed by atoms with van der Waals surface area (Å²) in [6, 6.07) is 22.4. The van der Waals surface area contributed by atoms with Gasteiger partial charge in [0.15, 0.2) is 0 Å². The van der Waals surface area contributed by atoms with Gasteiger partial charge in [0.2, 0.25) is 0 Å². The molecule has 4 aliphatic carbocycles. The second-order valence-electron chi connectivity index (χ2n) is 7.37. The van der Waals surface area contributed by atoms with Crippen molar-refractivity contribution < 1.29 is 0 Å².